The fourth-order valence-electron chi connectivity index (χ4n) is 2.13. The second-order valence-corrected chi connectivity index (χ2v) is 4.87. The minimum Gasteiger partial charge on any atom is -0.341 e. The maximum absolute atomic E-state index is 5.80. The second kappa shape index (κ2) is 5.00. The quantitative estimate of drug-likeness (QED) is 0.744. The van der Waals surface area contributed by atoms with Crippen molar-refractivity contribution in [2.45, 2.75) is 32.6 Å². The van der Waals surface area contributed by atoms with Crippen molar-refractivity contribution in [2.24, 2.45) is 5.92 Å². The highest BCUT2D eigenvalue weighted by atomic mass is 35.5. The Morgan fingerprint density at radius 2 is 2.38 bits per heavy atom. The SMILES string of the molecule is Cc1nc(N2CCCC(C)C2)ncc1CCl. The number of aromatic nitrogens is 2. The zero-order valence-electron chi connectivity index (χ0n) is 9.91. The lowest BCUT2D eigenvalue weighted by atomic mass is 10.0. The van der Waals surface area contributed by atoms with Gasteiger partial charge in [0.25, 0.3) is 0 Å². The van der Waals surface area contributed by atoms with Crippen LogP contribution in [0.3, 0.4) is 0 Å². The van der Waals surface area contributed by atoms with Gasteiger partial charge in [0.05, 0.1) is 5.88 Å². The molecule has 3 nitrogen and oxygen atoms in total. The van der Waals surface area contributed by atoms with E-state index in [4.69, 9.17) is 11.6 Å². The van der Waals surface area contributed by atoms with Gasteiger partial charge in [0.1, 0.15) is 0 Å². The molecular formula is C12H18ClN3. The first-order valence-corrected chi connectivity index (χ1v) is 6.37. The minimum absolute atomic E-state index is 0.489. The summed E-state index contributed by atoms with van der Waals surface area (Å²) in [5.41, 5.74) is 2.02. The highest BCUT2D eigenvalue weighted by molar-refractivity contribution is 6.17. The van der Waals surface area contributed by atoms with Crippen LogP contribution in [0.4, 0.5) is 5.95 Å². The first-order chi connectivity index (χ1) is 7.70. The van der Waals surface area contributed by atoms with Crippen LogP contribution in [0.25, 0.3) is 0 Å². The van der Waals surface area contributed by atoms with Gasteiger partial charge in [-0.05, 0) is 25.7 Å². The molecular weight excluding hydrogens is 222 g/mol. The van der Waals surface area contributed by atoms with E-state index in [1.165, 1.54) is 12.8 Å². The van der Waals surface area contributed by atoms with Crippen molar-refractivity contribution in [3.05, 3.63) is 17.5 Å². The molecule has 2 heterocycles. The van der Waals surface area contributed by atoms with E-state index in [0.29, 0.717) is 5.88 Å². The van der Waals surface area contributed by atoms with Gasteiger partial charge in [0.15, 0.2) is 0 Å². The van der Waals surface area contributed by atoms with Crippen LogP contribution in [0.15, 0.2) is 6.20 Å². The van der Waals surface area contributed by atoms with Gasteiger partial charge in [-0.25, -0.2) is 9.97 Å². The number of alkyl halides is 1. The Bertz CT molecular complexity index is 367. The van der Waals surface area contributed by atoms with Crippen molar-refractivity contribution >= 4 is 17.5 Å². The largest absolute Gasteiger partial charge is 0.341 e. The second-order valence-electron chi connectivity index (χ2n) is 4.61. The minimum atomic E-state index is 0.489. The number of nitrogens with zero attached hydrogens (tertiary/aromatic N) is 3. The van der Waals surface area contributed by atoms with E-state index in [1.807, 2.05) is 13.1 Å². The topological polar surface area (TPSA) is 29.0 Å². The number of rotatable bonds is 2. The molecule has 2 rings (SSSR count). The highest BCUT2D eigenvalue weighted by Gasteiger charge is 2.18. The summed E-state index contributed by atoms with van der Waals surface area (Å²) in [5.74, 6) is 2.09. The first kappa shape index (κ1) is 11.6. The molecule has 1 aliphatic rings. The molecule has 1 aromatic rings. The fourth-order valence-corrected chi connectivity index (χ4v) is 2.40. The predicted molar refractivity (Wildman–Crippen MR) is 66.9 cm³/mol. The van der Waals surface area contributed by atoms with Crippen LogP contribution in [-0.2, 0) is 5.88 Å². The van der Waals surface area contributed by atoms with Gasteiger partial charge in [-0.2, -0.15) is 0 Å². The van der Waals surface area contributed by atoms with Gasteiger partial charge in [-0.1, -0.05) is 6.92 Å². The van der Waals surface area contributed by atoms with Crippen LogP contribution >= 0.6 is 11.6 Å². The third-order valence-corrected chi connectivity index (χ3v) is 3.44. The Kier molecular flexibility index (Phi) is 3.64. The van der Waals surface area contributed by atoms with E-state index in [0.717, 1.165) is 36.2 Å². The lowest BCUT2D eigenvalue weighted by Gasteiger charge is -2.31. The number of anilines is 1. The Hall–Kier alpha value is -0.830. The van der Waals surface area contributed by atoms with Gasteiger partial charge in [0, 0.05) is 30.5 Å². The standard InChI is InChI=1S/C12H18ClN3/c1-9-4-3-5-16(8-9)12-14-7-11(6-13)10(2)15-12/h7,9H,3-6,8H2,1-2H3. The molecule has 0 aromatic carbocycles. The van der Waals surface area contributed by atoms with Crippen LogP contribution in [0.2, 0.25) is 0 Å². The third kappa shape index (κ3) is 2.46. The van der Waals surface area contributed by atoms with Gasteiger partial charge in [-0.3, -0.25) is 0 Å². The molecule has 1 fully saturated rings. The van der Waals surface area contributed by atoms with Gasteiger partial charge in [0.2, 0.25) is 5.95 Å². The Labute approximate surface area is 102 Å². The first-order valence-electron chi connectivity index (χ1n) is 5.84. The predicted octanol–water partition coefficient (Wildman–Crippen LogP) is 2.76. The zero-order chi connectivity index (χ0) is 11.5. The van der Waals surface area contributed by atoms with Crippen LogP contribution in [0.1, 0.15) is 31.0 Å². The molecule has 88 valence electrons. The Morgan fingerprint density at radius 3 is 3.00 bits per heavy atom. The van der Waals surface area contributed by atoms with E-state index in [2.05, 4.69) is 21.8 Å². The molecule has 0 amide bonds. The van der Waals surface area contributed by atoms with Crippen LogP contribution in [0, 0.1) is 12.8 Å². The average Bonchev–Trinajstić information content (AvgIpc) is 2.29. The summed E-state index contributed by atoms with van der Waals surface area (Å²) in [6.45, 7) is 6.42. The van der Waals surface area contributed by atoms with Crippen molar-refractivity contribution in [3.63, 3.8) is 0 Å². The van der Waals surface area contributed by atoms with Gasteiger partial charge in [-0.15, -0.1) is 11.6 Å². The van der Waals surface area contributed by atoms with Crippen LogP contribution in [0.5, 0.6) is 0 Å². The number of piperidine rings is 1. The molecule has 16 heavy (non-hydrogen) atoms. The lowest BCUT2D eigenvalue weighted by Crippen LogP contribution is -2.35. The molecule has 0 radical (unpaired) electrons. The monoisotopic (exact) mass is 239 g/mol. The van der Waals surface area contributed by atoms with Crippen LogP contribution < -0.4 is 4.90 Å². The summed E-state index contributed by atoms with van der Waals surface area (Å²) in [6.07, 6.45) is 4.40. The van der Waals surface area contributed by atoms with E-state index < -0.39 is 0 Å². The van der Waals surface area contributed by atoms with E-state index >= 15 is 0 Å². The summed E-state index contributed by atoms with van der Waals surface area (Å²) in [4.78, 5) is 11.2. The van der Waals surface area contributed by atoms with Crippen LogP contribution in [-0.4, -0.2) is 23.1 Å². The van der Waals surface area contributed by atoms with Gasteiger partial charge < -0.3 is 4.90 Å². The van der Waals surface area contributed by atoms with Crippen molar-refractivity contribution in [2.75, 3.05) is 18.0 Å². The van der Waals surface area contributed by atoms with Crippen molar-refractivity contribution in [3.8, 4) is 0 Å². The number of halogens is 1. The molecule has 1 unspecified atom stereocenters. The Balaban J connectivity index is 2.17. The van der Waals surface area contributed by atoms with E-state index in [9.17, 15) is 0 Å². The molecule has 0 aliphatic carbocycles. The summed E-state index contributed by atoms with van der Waals surface area (Å²) in [7, 11) is 0. The molecule has 1 atom stereocenters. The molecule has 0 spiro atoms. The lowest BCUT2D eigenvalue weighted by molar-refractivity contribution is 0.441. The number of hydrogen-bond acceptors (Lipinski definition) is 3. The summed E-state index contributed by atoms with van der Waals surface area (Å²) >= 11 is 5.80. The van der Waals surface area contributed by atoms with Crippen molar-refractivity contribution in [1.82, 2.24) is 9.97 Å². The molecule has 1 aliphatic heterocycles. The van der Waals surface area contributed by atoms with E-state index in [-0.39, 0.29) is 0 Å². The summed E-state index contributed by atoms with van der Waals surface area (Å²) in [5, 5.41) is 0. The fraction of sp³-hybridized carbons (Fsp3) is 0.667. The maximum Gasteiger partial charge on any atom is 0.225 e. The summed E-state index contributed by atoms with van der Waals surface area (Å²) in [6, 6.07) is 0. The third-order valence-electron chi connectivity index (χ3n) is 3.15. The zero-order valence-corrected chi connectivity index (χ0v) is 10.7. The van der Waals surface area contributed by atoms with E-state index in [1.54, 1.807) is 0 Å². The number of aryl methyl sites for hydroxylation is 1. The molecule has 1 saturated heterocycles. The Morgan fingerprint density at radius 1 is 1.56 bits per heavy atom. The molecule has 0 saturated carbocycles. The summed E-state index contributed by atoms with van der Waals surface area (Å²) < 4.78 is 0. The highest BCUT2D eigenvalue weighted by Crippen LogP contribution is 2.20. The average molecular weight is 240 g/mol. The van der Waals surface area contributed by atoms with Gasteiger partial charge >= 0.3 is 0 Å². The molecule has 0 bridgehead atoms. The molecule has 1 aromatic heterocycles. The smallest absolute Gasteiger partial charge is 0.225 e. The van der Waals surface area contributed by atoms with Crippen molar-refractivity contribution in [1.29, 1.82) is 0 Å². The number of hydrogen-bond donors (Lipinski definition) is 0. The molecule has 4 heteroatoms. The maximum atomic E-state index is 5.80. The molecule has 0 N–H and O–H groups in total. The normalized spacial score (nSPS) is 21.2. The van der Waals surface area contributed by atoms with Crippen molar-refractivity contribution < 1.29 is 0 Å².